The van der Waals surface area contributed by atoms with E-state index in [1.54, 1.807) is 12.4 Å². The number of benzene rings is 1. The Bertz CT molecular complexity index is 814. The highest BCUT2D eigenvalue weighted by Crippen LogP contribution is 2.20. The van der Waals surface area contributed by atoms with Crippen molar-refractivity contribution in [3.05, 3.63) is 58.1 Å². The Hall–Kier alpha value is -2.43. The van der Waals surface area contributed by atoms with Crippen molar-refractivity contribution in [1.29, 1.82) is 0 Å². The molecule has 0 fully saturated rings. The molecule has 0 spiro atoms. The normalized spacial score (nSPS) is 13.0. The number of rotatable bonds is 3. The fourth-order valence-electron chi connectivity index (χ4n) is 2.44. The van der Waals surface area contributed by atoms with Crippen LogP contribution in [0.15, 0.2) is 41.5 Å². The molecular weight excluding hydrogens is 264 g/mol. The number of nitrogens with zero attached hydrogens (tertiary/aromatic N) is 3. The summed E-state index contributed by atoms with van der Waals surface area (Å²) in [6.45, 7) is 6.30. The summed E-state index contributed by atoms with van der Waals surface area (Å²) in [6, 6.07) is 8.23. The molecule has 0 saturated heterocycles. The van der Waals surface area contributed by atoms with Crippen LogP contribution in [0.4, 0.5) is 0 Å². The van der Waals surface area contributed by atoms with Crippen LogP contribution < -0.4 is 5.56 Å². The van der Waals surface area contributed by atoms with Gasteiger partial charge in [-0.3, -0.25) is 9.89 Å². The minimum absolute atomic E-state index is 0.113. The fourth-order valence-corrected chi connectivity index (χ4v) is 2.44. The van der Waals surface area contributed by atoms with Gasteiger partial charge in [-0.25, -0.2) is 4.68 Å². The van der Waals surface area contributed by atoms with Gasteiger partial charge in [-0.05, 0) is 24.0 Å². The second-order valence-electron chi connectivity index (χ2n) is 5.59. The largest absolute Gasteiger partial charge is 0.278 e. The van der Waals surface area contributed by atoms with E-state index in [2.05, 4.69) is 53.4 Å². The molecular formula is C16H18N4O. The van der Waals surface area contributed by atoms with Crippen LogP contribution in [-0.4, -0.2) is 20.0 Å². The highest BCUT2D eigenvalue weighted by molar-refractivity contribution is 5.75. The molecule has 0 aliphatic heterocycles. The van der Waals surface area contributed by atoms with Gasteiger partial charge in [0.15, 0.2) is 0 Å². The first-order chi connectivity index (χ1) is 10.1. The van der Waals surface area contributed by atoms with E-state index in [0.717, 1.165) is 5.56 Å². The molecule has 1 N–H and O–H groups in total. The molecule has 2 aromatic heterocycles. The average Bonchev–Trinajstić information content (AvgIpc) is 2.96. The maximum atomic E-state index is 12.4. The molecule has 21 heavy (non-hydrogen) atoms. The Morgan fingerprint density at radius 1 is 1.05 bits per heavy atom. The number of fused-ring (bicyclic) bond motifs is 1. The maximum absolute atomic E-state index is 12.4. The summed E-state index contributed by atoms with van der Waals surface area (Å²) in [5.41, 5.74) is 2.90. The number of hydrogen-bond donors (Lipinski definition) is 1. The molecule has 2 heterocycles. The van der Waals surface area contributed by atoms with E-state index >= 15 is 0 Å². The number of H-pyrrole nitrogens is 1. The van der Waals surface area contributed by atoms with Gasteiger partial charge in [0.05, 0.1) is 29.3 Å². The third-order valence-electron chi connectivity index (χ3n) is 3.87. The molecule has 0 aliphatic carbocycles. The lowest BCUT2D eigenvalue weighted by atomic mass is 10.00. The van der Waals surface area contributed by atoms with Crippen LogP contribution in [0, 0.1) is 0 Å². The van der Waals surface area contributed by atoms with Gasteiger partial charge in [0.25, 0.3) is 5.56 Å². The third kappa shape index (κ3) is 2.35. The predicted molar refractivity (Wildman–Crippen MR) is 82.5 cm³/mol. The lowest BCUT2D eigenvalue weighted by Crippen LogP contribution is -2.26. The molecule has 0 bridgehead atoms. The number of hydrogen-bond acceptors (Lipinski definition) is 3. The summed E-state index contributed by atoms with van der Waals surface area (Å²) in [6.07, 6.45) is 3.19. The quantitative estimate of drug-likeness (QED) is 0.803. The van der Waals surface area contributed by atoms with Crippen LogP contribution in [0.2, 0.25) is 0 Å². The summed E-state index contributed by atoms with van der Waals surface area (Å²) in [4.78, 5) is 12.4. The van der Waals surface area contributed by atoms with Crippen LogP contribution in [-0.2, 0) is 0 Å². The summed E-state index contributed by atoms with van der Waals surface area (Å²) < 4.78 is 1.50. The summed E-state index contributed by atoms with van der Waals surface area (Å²) >= 11 is 0. The van der Waals surface area contributed by atoms with Gasteiger partial charge in [0, 0.05) is 0 Å². The van der Waals surface area contributed by atoms with Gasteiger partial charge >= 0.3 is 0 Å². The van der Waals surface area contributed by atoms with Crippen molar-refractivity contribution in [1.82, 2.24) is 20.0 Å². The molecule has 3 rings (SSSR count). The molecule has 1 atom stereocenters. The molecule has 0 amide bonds. The van der Waals surface area contributed by atoms with Crippen LogP contribution in [0.5, 0.6) is 0 Å². The van der Waals surface area contributed by atoms with E-state index in [4.69, 9.17) is 0 Å². The highest BCUT2D eigenvalue weighted by Gasteiger charge is 2.13. The van der Waals surface area contributed by atoms with Crippen molar-refractivity contribution in [2.24, 2.45) is 0 Å². The Morgan fingerprint density at radius 3 is 2.38 bits per heavy atom. The fraction of sp³-hybridized carbons (Fsp3) is 0.312. The average molecular weight is 282 g/mol. The Morgan fingerprint density at radius 2 is 1.71 bits per heavy atom. The van der Waals surface area contributed by atoms with Gasteiger partial charge < -0.3 is 0 Å². The van der Waals surface area contributed by atoms with Gasteiger partial charge in [-0.1, -0.05) is 38.1 Å². The first kappa shape index (κ1) is 13.5. The van der Waals surface area contributed by atoms with E-state index < -0.39 is 0 Å². The minimum atomic E-state index is -0.123. The SMILES string of the molecule is CC(C)c1ccc(C(C)n2ncc3[nH]ncc3c2=O)cc1. The highest BCUT2D eigenvalue weighted by atomic mass is 16.1. The maximum Gasteiger partial charge on any atom is 0.278 e. The molecule has 0 radical (unpaired) electrons. The smallest absolute Gasteiger partial charge is 0.276 e. The van der Waals surface area contributed by atoms with Crippen molar-refractivity contribution < 1.29 is 0 Å². The molecule has 1 aromatic carbocycles. The van der Waals surface area contributed by atoms with E-state index in [1.807, 2.05) is 6.92 Å². The predicted octanol–water partition coefficient (Wildman–Crippen LogP) is 2.85. The molecule has 0 saturated carbocycles. The van der Waals surface area contributed by atoms with Crippen molar-refractivity contribution in [3.63, 3.8) is 0 Å². The summed E-state index contributed by atoms with van der Waals surface area (Å²) in [7, 11) is 0. The second kappa shape index (κ2) is 5.16. The zero-order valence-electron chi connectivity index (χ0n) is 12.4. The zero-order chi connectivity index (χ0) is 15.0. The molecule has 0 aliphatic rings. The van der Waals surface area contributed by atoms with Gasteiger partial charge in [-0.15, -0.1) is 0 Å². The Kier molecular flexibility index (Phi) is 3.33. The van der Waals surface area contributed by atoms with Crippen molar-refractivity contribution in [2.75, 3.05) is 0 Å². The van der Waals surface area contributed by atoms with E-state index in [-0.39, 0.29) is 11.6 Å². The summed E-state index contributed by atoms with van der Waals surface area (Å²) in [5.74, 6) is 0.498. The van der Waals surface area contributed by atoms with E-state index in [1.165, 1.54) is 10.2 Å². The van der Waals surface area contributed by atoms with Crippen LogP contribution >= 0.6 is 0 Å². The topological polar surface area (TPSA) is 63.6 Å². The van der Waals surface area contributed by atoms with E-state index in [9.17, 15) is 4.79 Å². The van der Waals surface area contributed by atoms with Gasteiger partial charge in [0.1, 0.15) is 0 Å². The summed E-state index contributed by atoms with van der Waals surface area (Å²) in [5, 5.41) is 11.5. The van der Waals surface area contributed by atoms with Crippen LogP contribution in [0.1, 0.15) is 43.9 Å². The first-order valence-electron chi connectivity index (χ1n) is 7.08. The molecule has 108 valence electrons. The molecule has 5 nitrogen and oxygen atoms in total. The van der Waals surface area contributed by atoms with Gasteiger partial charge in [-0.2, -0.15) is 10.2 Å². The molecule has 1 unspecified atom stereocenters. The first-order valence-corrected chi connectivity index (χ1v) is 7.08. The lowest BCUT2D eigenvalue weighted by molar-refractivity contribution is 0.537. The van der Waals surface area contributed by atoms with Gasteiger partial charge in [0.2, 0.25) is 0 Å². The van der Waals surface area contributed by atoms with Crippen LogP contribution in [0.3, 0.4) is 0 Å². The number of aromatic nitrogens is 4. The minimum Gasteiger partial charge on any atom is -0.276 e. The molecule has 5 heteroatoms. The standard InChI is InChI=1S/C16H18N4O/c1-10(2)12-4-6-13(7-5-12)11(3)20-16(21)14-8-17-19-15(14)9-18-20/h4-11H,1-3H3,(H,17,19). The Labute approximate surface area is 122 Å². The zero-order valence-corrected chi connectivity index (χ0v) is 12.4. The number of nitrogens with one attached hydrogen (secondary N) is 1. The third-order valence-corrected chi connectivity index (χ3v) is 3.87. The Balaban J connectivity index is 2.01. The van der Waals surface area contributed by atoms with Crippen molar-refractivity contribution in [3.8, 4) is 0 Å². The number of aromatic amines is 1. The second-order valence-corrected chi connectivity index (χ2v) is 5.59. The molecule has 3 aromatic rings. The van der Waals surface area contributed by atoms with Crippen LogP contribution in [0.25, 0.3) is 10.9 Å². The van der Waals surface area contributed by atoms with Crippen molar-refractivity contribution >= 4 is 10.9 Å². The monoisotopic (exact) mass is 282 g/mol. The lowest BCUT2D eigenvalue weighted by Gasteiger charge is -2.15. The van der Waals surface area contributed by atoms with Crippen molar-refractivity contribution in [2.45, 2.75) is 32.7 Å². The van der Waals surface area contributed by atoms with E-state index in [0.29, 0.717) is 16.8 Å².